The van der Waals surface area contributed by atoms with Crippen molar-refractivity contribution in [3.63, 3.8) is 0 Å². The third-order valence-corrected chi connectivity index (χ3v) is 2.29. The van der Waals surface area contributed by atoms with Crippen molar-refractivity contribution in [3.05, 3.63) is 29.8 Å². The highest BCUT2D eigenvalue weighted by Gasteiger charge is 2.27. The van der Waals surface area contributed by atoms with Gasteiger partial charge in [-0.3, -0.25) is 0 Å². The lowest BCUT2D eigenvalue weighted by atomic mass is 10.1. The molecule has 1 aromatic carbocycles. The van der Waals surface area contributed by atoms with E-state index in [0.29, 0.717) is 18.7 Å². The molecule has 19 heavy (non-hydrogen) atoms. The number of carbonyl (C=O) groups is 1. The van der Waals surface area contributed by atoms with Gasteiger partial charge in [-0.25, -0.2) is 4.79 Å². The Morgan fingerprint density at radius 1 is 1.32 bits per heavy atom. The van der Waals surface area contributed by atoms with E-state index in [1.54, 1.807) is 36.7 Å². The topological polar surface area (TPSA) is 50.4 Å². The maximum Gasteiger partial charge on any atom is 0.405 e. The maximum absolute atomic E-state index is 11.9. The average molecular weight is 276 g/mol. The van der Waals surface area contributed by atoms with Crippen molar-refractivity contribution in [1.82, 2.24) is 5.32 Å². The van der Waals surface area contributed by atoms with E-state index in [0.717, 1.165) is 5.56 Å². The normalized spacial score (nSPS) is 11.2. The molecule has 2 amide bonds. The fourth-order valence-electron chi connectivity index (χ4n) is 1.42. The summed E-state index contributed by atoms with van der Waals surface area (Å²) < 4.78 is 40.7. The number of methoxy groups -OCH3 is 1. The molecule has 0 heterocycles. The number of benzene rings is 1. The van der Waals surface area contributed by atoms with Crippen LogP contribution in [0.15, 0.2) is 24.3 Å². The monoisotopic (exact) mass is 276 g/mol. The first-order valence-corrected chi connectivity index (χ1v) is 5.61. The predicted molar refractivity (Wildman–Crippen MR) is 65.1 cm³/mol. The van der Waals surface area contributed by atoms with Crippen molar-refractivity contribution in [1.29, 1.82) is 0 Å². The first-order chi connectivity index (χ1) is 8.92. The zero-order chi connectivity index (χ0) is 14.3. The summed E-state index contributed by atoms with van der Waals surface area (Å²) in [6.07, 6.45) is -3.86. The van der Waals surface area contributed by atoms with Crippen LogP contribution in [0.1, 0.15) is 5.56 Å². The summed E-state index contributed by atoms with van der Waals surface area (Å²) in [6, 6.07) is 5.98. The van der Waals surface area contributed by atoms with Gasteiger partial charge >= 0.3 is 12.2 Å². The molecule has 1 rings (SSSR count). The van der Waals surface area contributed by atoms with Crippen molar-refractivity contribution in [2.45, 2.75) is 12.6 Å². The zero-order valence-electron chi connectivity index (χ0n) is 10.4. The van der Waals surface area contributed by atoms with Gasteiger partial charge in [0.15, 0.2) is 0 Å². The number of urea groups is 1. The second-order valence-electron chi connectivity index (χ2n) is 3.82. The summed E-state index contributed by atoms with van der Waals surface area (Å²) in [5.41, 5.74) is 1.27. The number of halogens is 3. The molecule has 0 aliphatic carbocycles. The van der Waals surface area contributed by atoms with Gasteiger partial charge in [0.05, 0.1) is 6.61 Å². The number of para-hydroxylation sites is 1. The summed E-state index contributed by atoms with van der Waals surface area (Å²) in [5, 5.41) is 4.13. The van der Waals surface area contributed by atoms with Gasteiger partial charge in [0.2, 0.25) is 0 Å². The molecule has 7 heteroatoms. The molecule has 0 aliphatic rings. The van der Waals surface area contributed by atoms with Crippen molar-refractivity contribution >= 4 is 11.7 Å². The van der Waals surface area contributed by atoms with Gasteiger partial charge < -0.3 is 15.4 Å². The van der Waals surface area contributed by atoms with Crippen LogP contribution in [0.4, 0.5) is 23.7 Å². The van der Waals surface area contributed by atoms with Gasteiger partial charge in [-0.1, -0.05) is 18.2 Å². The highest BCUT2D eigenvalue weighted by atomic mass is 19.4. The molecule has 106 valence electrons. The Labute approximate surface area is 108 Å². The van der Waals surface area contributed by atoms with Crippen molar-refractivity contribution in [3.8, 4) is 0 Å². The van der Waals surface area contributed by atoms with Crippen molar-refractivity contribution in [2.24, 2.45) is 0 Å². The van der Waals surface area contributed by atoms with Crippen molar-refractivity contribution < 1.29 is 22.7 Å². The number of anilines is 1. The van der Waals surface area contributed by atoms with Crippen LogP contribution < -0.4 is 10.6 Å². The minimum atomic E-state index is -4.42. The Kier molecular flexibility index (Phi) is 5.62. The van der Waals surface area contributed by atoms with Crippen LogP contribution in [0, 0.1) is 0 Å². The second-order valence-corrected chi connectivity index (χ2v) is 3.82. The van der Waals surface area contributed by atoms with Gasteiger partial charge in [-0.2, -0.15) is 13.2 Å². The highest BCUT2D eigenvalue weighted by molar-refractivity contribution is 5.90. The minimum Gasteiger partial charge on any atom is -0.384 e. The summed E-state index contributed by atoms with van der Waals surface area (Å²) in [6.45, 7) is -0.901. The molecule has 0 aliphatic heterocycles. The van der Waals surface area contributed by atoms with E-state index in [4.69, 9.17) is 4.74 Å². The third kappa shape index (κ3) is 6.10. The number of alkyl halides is 3. The maximum atomic E-state index is 11.9. The summed E-state index contributed by atoms with van der Waals surface area (Å²) in [5.74, 6) is 0. The Morgan fingerprint density at radius 2 is 2.00 bits per heavy atom. The Balaban J connectivity index is 2.58. The molecule has 0 unspecified atom stereocenters. The lowest BCUT2D eigenvalue weighted by Crippen LogP contribution is -2.36. The smallest absolute Gasteiger partial charge is 0.384 e. The van der Waals surface area contributed by atoms with Crippen LogP contribution in [0.5, 0.6) is 0 Å². The van der Waals surface area contributed by atoms with E-state index < -0.39 is 18.8 Å². The number of amides is 2. The molecular weight excluding hydrogens is 261 g/mol. The van der Waals surface area contributed by atoms with Gasteiger partial charge in [0, 0.05) is 12.8 Å². The molecule has 2 N–H and O–H groups in total. The van der Waals surface area contributed by atoms with Gasteiger partial charge in [-0.05, 0) is 18.1 Å². The number of hydrogen-bond donors (Lipinski definition) is 2. The fraction of sp³-hybridized carbons (Fsp3) is 0.417. The van der Waals surface area contributed by atoms with E-state index >= 15 is 0 Å². The predicted octanol–water partition coefficient (Wildman–Crippen LogP) is 2.56. The van der Waals surface area contributed by atoms with Crippen LogP contribution in [0.3, 0.4) is 0 Å². The number of nitrogens with one attached hydrogen (secondary N) is 2. The molecule has 0 saturated carbocycles. The van der Waals surface area contributed by atoms with Crippen LogP contribution >= 0.6 is 0 Å². The van der Waals surface area contributed by atoms with E-state index in [9.17, 15) is 18.0 Å². The Hall–Kier alpha value is -1.76. The minimum absolute atomic E-state index is 0.461. The third-order valence-electron chi connectivity index (χ3n) is 2.29. The summed E-state index contributed by atoms with van der Waals surface area (Å²) in [7, 11) is 1.55. The van der Waals surface area contributed by atoms with Gasteiger partial charge in [0.1, 0.15) is 6.54 Å². The van der Waals surface area contributed by atoms with Crippen LogP contribution in [-0.4, -0.2) is 32.5 Å². The van der Waals surface area contributed by atoms with Gasteiger partial charge in [-0.15, -0.1) is 0 Å². The van der Waals surface area contributed by atoms with E-state index in [1.165, 1.54) is 0 Å². The molecule has 1 aromatic rings. The average Bonchev–Trinajstić information content (AvgIpc) is 2.34. The molecule has 0 aromatic heterocycles. The molecule has 4 nitrogen and oxygen atoms in total. The second kappa shape index (κ2) is 6.98. The quantitative estimate of drug-likeness (QED) is 0.868. The molecule has 0 fully saturated rings. The molecule has 0 atom stereocenters. The van der Waals surface area contributed by atoms with Crippen LogP contribution in [0.2, 0.25) is 0 Å². The number of rotatable bonds is 5. The fourth-order valence-corrected chi connectivity index (χ4v) is 1.42. The SMILES string of the molecule is COCCc1ccccc1NC(=O)NCC(F)(F)F. The van der Waals surface area contributed by atoms with E-state index in [1.807, 2.05) is 0 Å². The van der Waals surface area contributed by atoms with E-state index in [-0.39, 0.29) is 0 Å². The summed E-state index contributed by atoms with van der Waals surface area (Å²) in [4.78, 5) is 11.3. The summed E-state index contributed by atoms with van der Waals surface area (Å²) >= 11 is 0. The van der Waals surface area contributed by atoms with E-state index in [2.05, 4.69) is 5.32 Å². The van der Waals surface area contributed by atoms with Crippen molar-refractivity contribution in [2.75, 3.05) is 25.6 Å². The molecular formula is C12H15F3N2O2. The molecule has 0 radical (unpaired) electrons. The number of carbonyl (C=O) groups excluding carboxylic acids is 1. The lowest BCUT2D eigenvalue weighted by Gasteiger charge is -2.12. The van der Waals surface area contributed by atoms with Gasteiger partial charge in [0.25, 0.3) is 0 Å². The highest BCUT2D eigenvalue weighted by Crippen LogP contribution is 2.16. The number of ether oxygens (including phenoxy) is 1. The first-order valence-electron chi connectivity index (χ1n) is 5.61. The zero-order valence-corrected chi connectivity index (χ0v) is 10.4. The van der Waals surface area contributed by atoms with Crippen LogP contribution in [0.25, 0.3) is 0 Å². The van der Waals surface area contributed by atoms with Crippen LogP contribution in [-0.2, 0) is 11.2 Å². The number of hydrogen-bond acceptors (Lipinski definition) is 2. The Bertz CT molecular complexity index is 422. The largest absolute Gasteiger partial charge is 0.405 e. The first kappa shape index (κ1) is 15.3. The molecule has 0 spiro atoms. The molecule has 0 bridgehead atoms. The standard InChI is InChI=1S/C12H15F3N2O2/c1-19-7-6-9-4-2-3-5-10(9)17-11(18)16-8-12(13,14)15/h2-5H,6-8H2,1H3,(H2,16,17,18). The lowest BCUT2D eigenvalue weighted by molar-refractivity contribution is -0.122. The molecule has 0 saturated heterocycles. The Morgan fingerprint density at radius 3 is 2.63 bits per heavy atom.